The van der Waals surface area contributed by atoms with E-state index in [0.717, 1.165) is 6.42 Å². The fourth-order valence-electron chi connectivity index (χ4n) is 3.70. The van der Waals surface area contributed by atoms with E-state index in [-0.39, 0.29) is 6.10 Å². The van der Waals surface area contributed by atoms with Crippen LogP contribution in [-0.4, -0.2) is 18.0 Å². The van der Waals surface area contributed by atoms with Gasteiger partial charge in [-0.1, -0.05) is 12.2 Å². The van der Waals surface area contributed by atoms with Gasteiger partial charge in [0.05, 0.1) is 6.10 Å². The molecule has 1 saturated heterocycles. The number of carbonyl (C=O) groups is 1. The Morgan fingerprint density at radius 3 is 3.00 bits per heavy atom. The van der Waals surface area contributed by atoms with Crippen molar-refractivity contribution in [1.82, 2.24) is 0 Å². The monoisotopic (exact) mass is 176 g/mol. The van der Waals surface area contributed by atoms with E-state index < -0.39 is 0 Å². The number of allylic oxidation sites excluding steroid dienone is 2. The third kappa shape index (κ3) is 0.678. The summed E-state index contributed by atoms with van der Waals surface area (Å²) in [7, 11) is 0. The second kappa shape index (κ2) is 1.90. The first-order chi connectivity index (χ1) is 6.34. The number of hydrogen-bond donors (Lipinski definition) is 0. The van der Waals surface area contributed by atoms with Crippen molar-refractivity contribution in [2.75, 3.05) is 0 Å². The second-order valence-electron chi connectivity index (χ2n) is 4.87. The Balaban J connectivity index is 1.78. The lowest BCUT2D eigenvalue weighted by atomic mass is 9.73. The summed E-state index contributed by atoms with van der Waals surface area (Å²) in [5.74, 6) is 2.64. The average molecular weight is 176 g/mol. The molecule has 68 valence electrons. The van der Waals surface area contributed by atoms with E-state index in [1.54, 1.807) is 0 Å². The molecule has 2 heteroatoms. The summed E-state index contributed by atoms with van der Waals surface area (Å²) in [5.41, 5.74) is 0. The number of carbonyl (C=O) groups excluding carboxylic acids is 1. The molecule has 0 amide bonds. The molecule has 0 aromatic heterocycles. The molecule has 0 N–H and O–H groups in total. The summed E-state index contributed by atoms with van der Waals surface area (Å²) in [4.78, 5) is 11.9. The zero-order chi connectivity index (χ0) is 8.58. The Bertz CT molecular complexity index is 320. The van der Waals surface area contributed by atoms with Gasteiger partial charge in [0, 0.05) is 5.92 Å². The number of Topliss-reactive ketones (excluding diaryl/α,β-unsaturated/α-hetero) is 1. The van der Waals surface area contributed by atoms with Crippen LogP contribution in [0.15, 0.2) is 12.2 Å². The van der Waals surface area contributed by atoms with Gasteiger partial charge in [0.25, 0.3) is 0 Å². The summed E-state index contributed by atoms with van der Waals surface area (Å²) < 4.78 is 5.37. The van der Waals surface area contributed by atoms with Gasteiger partial charge in [0.1, 0.15) is 6.10 Å². The fourth-order valence-corrected chi connectivity index (χ4v) is 3.70. The smallest absolute Gasteiger partial charge is 0.168 e. The van der Waals surface area contributed by atoms with Crippen molar-refractivity contribution in [2.45, 2.75) is 25.0 Å². The predicted octanol–water partition coefficient (Wildman–Crippen LogP) is 1.16. The summed E-state index contributed by atoms with van der Waals surface area (Å²) in [6, 6.07) is 0. The molecule has 0 aromatic rings. The highest BCUT2D eigenvalue weighted by Gasteiger charge is 2.61. The topological polar surface area (TPSA) is 29.6 Å². The number of fused-ring (bicyclic) bond motifs is 6. The molecule has 0 aromatic carbocycles. The van der Waals surface area contributed by atoms with Crippen LogP contribution in [0.2, 0.25) is 0 Å². The summed E-state index contributed by atoms with van der Waals surface area (Å²) in [6.45, 7) is 0. The zero-order valence-corrected chi connectivity index (χ0v) is 7.35. The van der Waals surface area contributed by atoms with E-state index in [9.17, 15) is 4.79 Å². The minimum Gasteiger partial charge on any atom is -0.361 e. The fraction of sp³-hybridized carbons (Fsp3) is 0.727. The van der Waals surface area contributed by atoms with Gasteiger partial charge >= 0.3 is 0 Å². The first-order valence-electron chi connectivity index (χ1n) is 5.22. The molecule has 4 aliphatic rings. The molecule has 3 aliphatic carbocycles. The van der Waals surface area contributed by atoms with Crippen molar-refractivity contribution in [3.63, 3.8) is 0 Å². The van der Waals surface area contributed by atoms with Crippen LogP contribution in [0.4, 0.5) is 0 Å². The molecule has 0 spiro atoms. The molecule has 6 atom stereocenters. The molecule has 2 nitrogen and oxygen atoms in total. The maximum Gasteiger partial charge on any atom is 0.168 e. The average Bonchev–Trinajstić information content (AvgIpc) is 2.64. The van der Waals surface area contributed by atoms with Gasteiger partial charge in [-0.15, -0.1) is 0 Å². The minimum absolute atomic E-state index is 0.00833. The lowest BCUT2D eigenvalue weighted by Gasteiger charge is -2.28. The second-order valence-corrected chi connectivity index (χ2v) is 4.87. The number of hydrogen-bond acceptors (Lipinski definition) is 2. The van der Waals surface area contributed by atoms with E-state index in [0.29, 0.717) is 35.6 Å². The van der Waals surface area contributed by atoms with Crippen LogP contribution in [-0.2, 0) is 9.53 Å². The first kappa shape index (κ1) is 6.77. The summed E-state index contributed by atoms with van der Waals surface area (Å²) in [6.07, 6.45) is 7.27. The molecular weight excluding hydrogens is 164 g/mol. The molecule has 2 bridgehead atoms. The van der Waals surface area contributed by atoms with Crippen LogP contribution in [0.1, 0.15) is 12.8 Å². The zero-order valence-electron chi connectivity index (χ0n) is 7.35. The van der Waals surface area contributed by atoms with Crippen LogP contribution >= 0.6 is 0 Å². The Morgan fingerprint density at radius 1 is 1.23 bits per heavy atom. The van der Waals surface area contributed by atoms with Crippen molar-refractivity contribution in [3.8, 4) is 0 Å². The number of ketones is 1. The molecule has 13 heavy (non-hydrogen) atoms. The molecule has 4 rings (SSSR count). The maximum atomic E-state index is 11.9. The third-order valence-electron chi connectivity index (χ3n) is 4.32. The van der Waals surface area contributed by atoms with Gasteiger partial charge in [0.2, 0.25) is 0 Å². The van der Waals surface area contributed by atoms with E-state index in [1.807, 2.05) is 0 Å². The Morgan fingerprint density at radius 2 is 2.08 bits per heavy atom. The van der Waals surface area contributed by atoms with Crippen LogP contribution in [0.5, 0.6) is 0 Å². The Hall–Kier alpha value is -0.630. The normalized spacial score (nSPS) is 60.8. The Kier molecular flexibility index (Phi) is 0.989. The molecule has 1 heterocycles. The number of rotatable bonds is 0. The highest BCUT2D eigenvalue weighted by atomic mass is 16.6. The van der Waals surface area contributed by atoms with Crippen molar-refractivity contribution in [2.24, 2.45) is 23.7 Å². The first-order valence-corrected chi connectivity index (χ1v) is 5.22. The summed E-state index contributed by atoms with van der Waals surface area (Å²) in [5, 5.41) is 0. The summed E-state index contributed by atoms with van der Waals surface area (Å²) >= 11 is 0. The van der Waals surface area contributed by atoms with Crippen LogP contribution < -0.4 is 0 Å². The van der Waals surface area contributed by atoms with Crippen molar-refractivity contribution >= 4 is 5.78 Å². The SMILES string of the molecule is O=C1[C@H]2[C@@H](C[C@H]3O[C@@H]13)[C@H]1C=C[C@@H]2C1. The van der Waals surface area contributed by atoms with Crippen molar-refractivity contribution in [1.29, 1.82) is 0 Å². The van der Waals surface area contributed by atoms with Crippen LogP contribution in [0.25, 0.3) is 0 Å². The highest BCUT2D eigenvalue weighted by Crippen LogP contribution is 2.56. The quantitative estimate of drug-likeness (QED) is 0.409. The van der Waals surface area contributed by atoms with E-state index >= 15 is 0 Å². The largest absolute Gasteiger partial charge is 0.361 e. The molecule has 0 unspecified atom stereocenters. The molecule has 2 saturated carbocycles. The lowest BCUT2D eigenvalue weighted by Crippen LogP contribution is -2.36. The van der Waals surface area contributed by atoms with Gasteiger partial charge in [0.15, 0.2) is 5.78 Å². The predicted molar refractivity (Wildman–Crippen MR) is 46.0 cm³/mol. The molecular formula is C11H12O2. The van der Waals surface area contributed by atoms with Crippen molar-refractivity contribution in [3.05, 3.63) is 12.2 Å². The number of ether oxygens (including phenoxy) is 1. The highest BCUT2D eigenvalue weighted by molar-refractivity contribution is 5.90. The van der Waals surface area contributed by atoms with Crippen LogP contribution in [0, 0.1) is 23.7 Å². The van der Waals surface area contributed by atoms with E-state index in [2.05, 4.69) is 12.2 Å². The van der Waals surface area contributed by atoms with Gasteiger partial charge in [-0.05, 0) is 30.6 Å². The van der Waals surface area contributed by atoms with Crippen molar-refractivity contribution < 1.29 is 9.53 Å². The van der Waals surface area contributed by atoms with E-state index in [4.69, 9.17) is 4.74 Å². The van der Waals surface area contributed by atoms with E-state index in [1.165, 1.54) is 6.42 Å². The van der Waals surface area contributed by atoms with Gasteiger partial charge in [-0.2, -0.15) is 0 Å². The lowest BCUT2D eigenvalue weighted by molar-refractivity contribution is -0.126. The van der Waals surface area contributed by atoms with Gasteiger partial charge < -0.3 is 4.74 Å². The van der Waals surface area contributed by atoms with Gasteiger partial charge in [-0.25, -0.2) is 0 Å². The minimum atomic E-state index is 0.00833. The van der Waals surface area contributed by atoms with Gasteiger partial charge in [-0.3, -0.25) is 4.79 Å². The maximum absolute atomic E-state index is 11.9. The standard InChI is InChI=1S/C11H12O2/c12-10-9-6-2-1-5(3-6)7(9)4-8-11(10)13-8/h1-2,5-9,11H,3-4H2/t5-,6+,7-,8+,9+,11+/m0/s1. The van der Waals surface area contributed by atoms with Crippen LogP contribution in [0.3, 0.4) is 0 Å². The Labute approximate surface area is 77.0 Å². The third-order valence-corrected chi connectivity index (χ3v) is 4.32. The molecule has 3 fully saturated rings. The number of epoxide rings is 1. The molecule has 0 radical (unpaired) electrons. The molecule has 1 aliphatic heterocycles.